The predicted molar refractivity (Wildman–Crippen MR) is 65.1 cm³/mol. The lowest BCUT2D eigenvalue weighted by molar-refractivity contribution is 0.264. The van der Waals surface area contributed by atoms with E-state index in [4.69, 9.17) is 0 Å². The van der Waals surface area contributed by atoms with Gasteiger partial charge < -0.3 is 5.32 Å². The zero-order valence-electron chi connectivity index (χ0n) is 10.3. The van der Waals surface area contributed by atoms with Gasteiger partial charge in [0.2, 0.25) is 0 Å². The lowest BCUT2D eigenvalue weighted by Crippen LogP contribution is -2.31. The second kappa shape index (κ2) is 5.31. The molecule has 1 aliphatic carbocycles. The highest BCUT2D eigenvalue weighted by atomic mass is 15.2. The average Bonchev–Trinajstić information content (AvgIpc) is 3.00. The van der Waals surface area contributed by atoms with Crippen LogP contribution < -0.4 is 5.32 Å². The molecule has 1 heterocycles. The highest BCUT2D eigenvalue weighted by Crippen LogP contribution is 2.39. The molecule has 0 spiro atoms. The van der Waals surface area contributed by atoms with Crippen molar-refractivity contribution in [1.82, 2.24) is 10.2 Å². The molecule has 0 amide bonds. The lowest BCUT2D eigenvalue weighted by Gasteiger charge is -2.19. The molecule has 2 nitrogen and oxygen atoms in total. The van der Waals surface area contributed by atoms with Crippen molar-refractivity contribution in [3.05, 3.63) is 0 Å². The van der Waals surface area contributed by atoms with Gasteiger partial charge in [-0.05, 0) is 38.1 Å². The smallest absolute Gasteiger partial charge is 0.0128 e. The van der Waals surface area contributed by atoms with Crippen molar-refractivity contribution in [2.45, 2.75) is 58.0 Å². The van der Waals surface area contributed by atoms with Crippen LogP contribution in [-0.2, 0) is 0 Å². The van der Waals surface area contributed by atoms with Crippen molar-refractivity contribution >= 4 is 0 Å². The van der Waals surface area contributed by atoms with Crippen LogP contribution in [0.4, 0.5) is 0 Å². The van der Waals surface area contributed by atoms with E-state index in [1.54, 1.807) is 0 Å². The van der Waals surface area contributed by atoms with Gasteiger partial charge in [0.1, 0.15) is 0 Å². The Bertz CT molecular complexity index is 193. The van der Waals surface area contributed by atoms with Crippen molar-refractivity contribution in [2.75, 3.05) is 19.6 Å². The Morgan fingerprint density at radius 1 is 1.27 bits per heavy atom. The molecule has 3 unspecified atom stereocenters. The molecule has 15 heavy (non-hydrogen) atoms. The largest absolute Gasteiger partial charge is 0.313 e. The van der Waals surface area contributed by atoms with Gasteiger partial charge >= 0.3 is 0 Å². The molecule has 2 aliphatic rings. The first-order valence-corrected chi connectivity index (χ1v) is 6.82. The maximum absolute atomic E-state index is 3.65. The molecule has 1 N–H and O–H groups in total. The van der Waals surface area contributed by atoms with E-state index in [2.05, 4.69) is 24.1 Å². The van der Waals surface area contributed by atoms with Gasteiger partial charge in [-0.2, -0.15) is 0 Å². The predicted octanol–water partition coefficient (Wildman–Crippen LogP) is 2.25. The Kier molecular flexibility index (Phi) is 4.04. The van der Waals surface area contributed by atoms with Gasteiger partial charge in [-0.25, -0.2) is 0 Å². The molecule has 2 heteroatoms. The summed E-state index contributed by atoms with van der Waals surface area (Å²) in [6.45, 7) is 8.42. The summed E-state index contributed by atoms with van der Waals surface area (Å²) >= 11 is 0. The van der Waals surface area contributed by atoms with Crippen molar-refractivity contribution in [3.8, 4) is 0 Å². The number of nitrogens with one attached hydrogen (secondary N) is 1. The molecule has 0 radical (unpaired) electrons. The molecule has 1 saturated carbocycles. The van der Waals surface area contributed by atoms with E-state index in [1.165, 1.54) is 51.7 Å². The summed E-state index contributed by atoms with van der Waals surface area (Å²) in [7, 11) is 0. The van der Waals surface area contributed by atoms with Gasteiger partial charge in [0.05, 0.1) is 0 Å². The summed E-state index contributed by atoms with van der Waals surface area (Å²) in [5, 5.41) is 3.65. The first-order chi connectivity index (χ1) is 7.35. The zero-order valence-corrected chi connectivity index (χ0v) is 10.3. The Morgan fingerprint density at radius 2 is 2.13 bits per heavy atom. The normalized spacial score (nSPS) is 37.6. The van der Waals surface area contributed by atoms with Crippen LogP contribution in [0, 0.1) is 5.92 Å². The third-order valence-corrected chi connectivity index (χ3v) is 4.10. The van der Waals surface area contributed by atoms with Crippen molar-refractivity contribution in [1.29, 1.82) is 0 Å². The fourth-order valence-electron chi connectivity index (χ4n) is 2.99. The Labute approximate surface area is 94.4 Å². The standard InChI is InChI=1S/C13H26N2/c1-3-5-11-10-13(11)15-8-6-12(4-2)14-7-9-15/h11-14H,3-10H2,1-2H3. The van der Waals surface area contributed by atoms with Gasteiger partial charge in [-0.1, -0.05) is 20.3 Å². The van der Waals surface area contributed by atoms with Gasteiger partial charge in [0, 0.05) is 25.2 Å². The van der Waals surface area contributed by atoms with E-state index in [9.17, 15) is 0 Å². The summed E-state index contributed by atoms with van der Waals surface area (Å²) < 4.78 is 0. The monoisotopic (exact) mass is 210 g/mol. The molecule has 0 aromatic heterocycles. The van der Waals surface area contributed by atoms with E-state index < -0.39 is 0 Å². The van der Waals surface area contributed by atoms with Gasteiger partial charge in [0.15, 0.2) is 0 Å². The minimum atomic E-state index is 0.776. The fourth-order valence-corrected chi connectivity index (χ4v) is 2.99. The van der Waals surface area contributed by atoms with E-state index in [0.29, 0.717) is 0 Å². The third kappa shape index (κ3) is 2.94. The van der Waals surface area contributed by atoms with Crippen molar-refractivity contribution < 1.29 is 0 Å². The fraction of sp³-hybridized carbons (Fsp3) is 1.00. The summed E-state index contributed by atoms with van der Waals surface area (Å²) in [4.78, 5) is 2.74. The SMILES string of the molecule is CCCC1CC1N1CCNC(CC)CC1. The molecular weight excluding hydrogens is 184 g/mol. The molecule has 0 aromatic carbocycles. The summed E-state index contributed by atoms with van der Waals surface area (Å²) in [5.41, 5.74) is 0. The molecule has 1 aliphatic heterocycles. The molecule has 88 valence electrons. The van der Waals surface area contributed by atoms with Crippen molar-refractivity contribution in [2.24, 2.45) is 5.92 Å². The number of hydrogen-bond acceptors (Lipinski definition) is 2. The van der Waals surface area contributed by atoms with Gasteiger partial charge in [-0.3, -0.25) is 4.90 Å². The zero-order chi connectivity index (χ0) is 10.7. The summed E-state index contributed by atoms with van der Waals surface area (Å²) in [6.07, 6.45) is 6.93. The second-order valence-corrected chi connectivity index (χ2v) is 5.24. The van der Waals surface area contributed by atoms with Crippen LogP contribution in [-0.4, -0.2) is 36.6 Å². The van der Waals surface area contributed by atoms with Crippen LogP contribution in [0.2, 0.25) is 0 Å². The maximum atomic E-state index is 3.65. The van der Waals surface area contributed by atoms with Crippen LogP contribution >= 0.6 is 0 Å². The van der Waals surface area contributed by atoms with E-state index in [-0.39, 0.29) is 0 Å². The Hall–Kier alpha value is -0.0800. The quantitative estimate of drug-likeness (QED) is 0.765. The summed E-state index contributed by atoms with van der Waals surface area (Å²) in [5.74, 6) is 1.04. The van der Waals surface area contributed by atoms with Crippen LogP contribution in [0.15, 0.2) is 0 Å². The number of rotatable bonds is 4. The second-order valence-electron chi connectivity index (χ2n) is 5.24. The molecule has 0 bridgehead atoms. The molecule has 2 rings (SSSR count). The number of hydrogen-bond donors (Lipinski definition) is 1. The summed E-state index contributed by atoms with van der Waals surface area (Å²) in [6, 6.07) is 1.72. The molecule has 2 fully saturated rings. The van der Waals surface area contributed by atoms with Crippen molar-refractivity contribution in [3.63, 3.8) is 0 Å². The lowest BCUT2D eigenvalue weighted by atomic mass is 10.1. The minimum Gasteiger partial charge on any atom is -0.313 e. The third-order valence-electron chi connectivity index (χ3n) is 4.10. The minimum absolute atomic E-state index is 0.776. The van der Waals surface area contributed by atoms with Crippen LogP contribution in [0.1, 0.15) is 46.0 Å². The van der Waals surface area contributed by atoms with Crippen LogP contribution in [0.25, 0.3) is 0 Å². The molecular formula is C13H26N2. The Morgan fingerprint density at radius 3 is 2.87 bits per heavy atom. The average molecular weight is 210 g/mol. The maximum Gasteiger partial charge on any atom is 0.0128 e. The van der Waals surface area contributed by atoms with Gasteiger partial charge in [-0.15, -0.1) is 0 Å². The van der Waals surface area contributed by atoms with Gasteiger partial charge in [0.25, 0.3) is 0 Å². The van der Waals surface area contributed by atoms with E-state index >= 15 is 0 Å². The molecule has 3 atom stereocenters. The Balaban J connectivity index is 1.75. The molecule has 0 aromatic rings. The number of nitrogens with zero attached hydrogens (tertiary/aromatic N) is 1. The highest BCUT2D eigenvalue weighted by Gasteiger charge is 2.40. The van der Waals surface area contributed by atoms with Crippen LogP contribution in [0.3, 0.4) is 0 Å². The topological polar surface area (TPSA) is 15.3 Å². The van der Waals surface area contributed by atoms with E-state index in [1.807, 2.05) is 0 Å². The molecule has 1 saturated heterocycles. The first kappa shape index (κ1) is 11.4. The van der Waals surface area contributed by atoms with E-state index in [0.717, 1.165) is 18.0 Å². The van der Waals surface area contributed by atoms with Crippen LogP contribution in [0.5, 0.6) is 0 Å². The first-order valence-electron chi connectivity index (χ1n) is 6.82. The highest BCUT2D eigenvalue weighted by molar-refractivity contribution is 4.95.